The summed E-state index contributed by atoms with van der Waals surface area (Å²) in [7, 11) is 2.21. The molecule has 0 saturated carbocycles. The van der Waals surface area contributed by atoms with E-state index in [4.69, 9.17) is 0 Å². The van der Waals surface area contributed by atoms with Gasteiger partial charge in [0.1, 0.15) is 0 Å². The normalized spacial score (nSPS) is 12.5. The van der Waals surface area contributed by atoms with Gasteiger partial charge in [0.05, 0.1) is 25.7 Å². The molecule has 0 aliphatic rings. The highest BCUT2D eigenvalue weighted by Gasteiger charge is 2.16. The van der Waals surface area contributed by atoms with E-state index in [2.05, 4.69) is 57.5 Å². The Labute approximate surface area is 141 Å². The third-order valence-corrected chi connectivity index (χ3v) is 4.39. The van der Waals surface area contributed by atoms with E-state index in [1.54, 1.807) is 0 Å². The molecule has 0 aromatic heterocycles. The van der Waals surface area contributed by atoms with E-state index in [-0.39, 0.29) is 0 Å². The first-order chi connectivity index (χ1) is 10.5. The van der Waals surface area contributed by atoms with Crippen LogP contribution in [-0.4, -0.2) is 41.5 Å². The Morgan fingerprint density at radius 3 is 1.55 bits per heavy atom. The zero-order valence-electron chi connectivity index (χ0n) is 16.4. The molecule has 0 bridgehead atoms. The quantitative estimate of drug-likeness (QED) is 0.173. The molecule has 0 aromatic carbocycles. The van der Waals surface area contributed by atoms with Gasteiger partial charge >= 0.3 is 0 Å². The third-order valence-electron chi connectivity index (χ3n) is 4.39. The minimum Gasteiger partial charge on any atom is -0.271 e. The Morgan fingerprint density at radius 1 is 0.727 bits per heavy atom. The lowest BCUT2D eigenvalue weighted by atomic mass is 10.1. The van der Waals surface area contributed by atoms with Gasteiger partial charge in [-0.15, -0.1) is 0 Å². The molecule has 0 heterocycles. The zero-order valence-corrected chi connectivity index (χ0v) is 16.4. The molecule has 2 heteroatoms. The summed E-state index contributed by atoms with van der Waals surface area (Å²) >= 11 is 0. The van der Waals surface area contributed by atoms with Crippen molar-refractivity contribution in [3.05, 3.63) is 0 Å². The van der Waals surface area contributed by atoms with Crippen molar-refractivity contribution in [1.82, 2.24) is 4.90 Å². The van der Waals surface area contributed by atoms with Gasteiger partial charge in [0, 0.05) is 0 Å². The van der Waals surface area contributed by atoms with E-state index >= 15 is 0 Å². The lowest BCUT2D eigenvalue weighted by Gasteiger charge is -2.22. The van der Waals surface area contributed by atoms with E-state index in [9.17, 15) is 0 Å². The summed E-state index contributed by atoms with van der Waals surface area (Å²) in [5.74, 6) is 0. The van der Waals surface area contributed by atoms with Gasteiger partial charge in [-0.05, 0) is 40.5 Å². The van der Waals surface area contributed by atoms with Gasteiger partial charge in [0.2, 0.25) is 6.34 Å². The van der Waals surface area contributed by atoms with Crippen LogP contribution in [0.2, 0.25) is 0 Å². The summed E-state index contributed by atoms with van der Waals surface area (Å²) in [5.41, 5.74) is 0. The van der Waals surface area contributed by atoms with Crippen molar-refractivity contribution in [1.29, 1.82) is 0 Å². The minimum atomic E-state index is 0.579. The maximum absolute atomic E-state index is 2.44. The molecule has 0 fully saturated rings. The van der Waals surface area contributed by atoms with Crippen LogP contribution < -0.4 is 0 Å². The fourth-order valence-corrected chi connectivity index (χ4v) is 3.00. The van der Waals surface area contributed by atoms with E-state index in [0.717, 1.165) is 0 Å². The number of nitrogens with zero attached hydrogens (tertiary/aromatic N) is 2. The minimum absolute atomic E-state index is 0.579. The Hall–Kier alpha value is -0.530. The highest BCUT2D eigenvalue weighted by Crippen LogP contribution is 2.10. The fourth-order valence-electron chi connectivity index (χ4n) is 3.00. The van der Waals surface area contributed by atoms with Crippen molar-refractivity contribution >= 4 is 6.34 Å². The van der Waals surface area contributed by atoms with Gasteiger partial charge in [-0.25, -0.2) is 0 Å². The van der Waals surface area contributed by atoms with Gasteiger partial charge < -0.3 is 0 Å². The summed E-state index contributed by atoms with van der Waals surface area (Å²) in [6.45, 7) is 12.5. The zero-order chi connectivity index (χ0) is 16.8. The van der Waals surface area contributed by atoms with Gasteiger partial charge in [0.15, 0.2) is 0 Å². The third kappa shape index (κ3) is 12.1. The number of unbranched alkanes of at least 4 members (excludes halogenated alkanes) is 9. The topological polar surface area (TPSA) is 6.25 Å². The molecule has 0 atom stereocenters. The number of hydrogen-bond acceptors (Lipinski definition) is 0. The largest absolute Gasteiger partial charge is 0.271 e. The lowest BCUT2D eigenvalue weighted by molar-refractivity contribution is -0.498. The van der Waals surface area contributed by atoms with Crippen molar-refractivity contribution < 1.29 is 4.58 Å². The molecule has 0 N–H and O–H groups in total. The summed E-state index contributed by atoms with van der Waals surface area (Å²) in [5, 5.41) is 0. The molecule has 0 spiro atoms. The molecule has 132 valence electrons. The highest BCUT2D eigenvalue weighted by atomic mass is 15.2. The molecule has 0 aliphatic carbocycles. The van der Waals surface area contributed by atoms with Crippen LogP contribution in [-0.2, 0) is 0 Å². The van der Waals surface area contributed by atoms with E-state index in [0.29, 0.717) is 12.1 Å². The van der Waals surface area contributed by atoms with Crippen LogP contribution in [0.5, 0.6) is 0 Å². The molecule has 0 radical (unpaired) electrons. The van der Waals surface area contributed by atoms with Crippen LogP contribution in [0, 0.1) is 0 Å². The number of hydrogen-bond donors (Lipinski definition) is 0. The van der Waals surface area contributed by atoms with Gasteiger partial charge in [-0.1, -0.05) is 58.3 Å². The average molecular weight is 312 g/mol. The Balaban J connectivity index is 3.61. The predicted molar refractivity (Wildman–Crippen MR) is 101 cm³/mol. The van der Waals surface area contributed by atoms with Crippen molar-refractivity contribution in [2.75, 3.05) is 13.6 Å². The predicted octanol–water partition coefficient (Wildman–Crippen LogP) is 5.70. The van der Waals surface area contributed by atoms with Crippen LogP contribution in [0.15, 0.2) is 0 Å². The first kappa shape index (κ1) is 21.5. The standard InChI is InChI=1S/C20H43N2/c1-7-8-9-10-11-12-13-14-15-16-17-21(6)18-22(19(2)3)20(4)5/h18-20H,7-17H2,1-6H3/q+1. The maximum atomic E-state index is 2.44. The molecule has 0 saturated heterocycles. The summed E-state index contributed by atoms with van der Waals surface area (Å²) in [6.07, 6.45) is 16.4. The molecular weight excluding hydrogens is 268 g/mol. The second-order valence-corrected chi connectivity index (χ2v) is 7.41. The fraction of sp³-hybridized carbons (Fsp3) is 0.950. The molecule has 2 nitrogen and oxygen atoms in total. The molecule has 0 aliphatic heterocycles. The highest BCUT2D eigenvalue weighted by molar-refractivity contribution is 5.49. The molecular formula is C20H43N2+. The van der Waals surface area contributed by atoms with Gasteiger partial charge in [-0.2, -0.15) is 0 Å². The van der Waals surface area contributed by atoms with Crippen LogP contribution in [0.4, 0.5) is 0 Å². The Kier molecular flexibility index (Phi) is 13.7. The molecule has 0 aromatic rings. The maximum Gasteiger partial charge on any atom is 0.234 e. The van der Waals surface area contributed by atoms with E-state index in [1.807, 2.05) is 0 Å². The number of rotatable bonds is 14. The van der Waals surface area contributed by atoms with Crippen LogP contribution >= 0.6 is 0 Å². The molecule has 0 unspecified atom stereocenters. The smallest absolute Gasteiger partial charge is 0.234 e. The average Bonchev–Trinajstić information content (AvgIpc) is 2.46. The SMILES string of the molecule is CCCCCCCCCCCC[N+](C)=CN(C(C)C)C(C)C. The summed E-state index contributed by atoms with van der Waals surface area (Å²) in [6, 6.07) is 1.16. The Morgan fingerprint density at radius 2 is 1.14 bits per heavy atom. The molecule has 22 heavy (non-hydrogen) atoms. The first-order valence-corrected chi connectivity index (χ1v) is 9.81. The summed E-state index contributed by atoms with van der Waals surface area (Å²) < 4.78 is 2.37. The van der Waals surface area contributed by atoms with Crippen LogP contribution in [0.1, 0.15) is 98.8 Å². The van der Waals surface area contributed by atoms with E-state index < -0.39 is 0 Å². The van der Waals surface area contributed by atoms with Gasteiger partial charge in [-0.3, -0.25) is 9.48 Å². The second kappa shape index (κ2) is 14.1. The Bertz CT molecular complexity index is 261. The van der Waals surface area contributed by atoms with Crippen molar-refractivity contribution in [2.24, 2.45) is 0 Å². The van der Waals surface area contributed by atoms with Crippen molar-refractivity contribution in [2.45, 2.75) is 111 Å². The second-order valence-electron chi connectivity index (χ2n) is 7.41. The van der Waals surface area contributed by atoms with Crippen molar-refractivity contribution in [3.8, 4) is 0 Å². The van der Waals surface area contributed by atoms with Crippen LogP contribution in [0.25, 0.3) is 0 Å². The van der Waals surface area contributed by atoms with E-state index in [1.165, 1.54) is 70.8 Å². The first-order valence-electron chi connectivity index (χ1n) is 9.81. The van der Waals surface area contributed by atoms with Crippen molar-refractivity contribution in [3.63, 3.8) is 0 Å². The van der Waals surface area contributed by atoms with Gasteiger partial charge in [0.25, 0.3) is 0 Å². The monoisotopic (exact) mass is 311 g/mol. The lowest BCUT2D eigenvalue weighted by Crippen LogP contribution is -2.38. The molecule has 0 amide bonds. The summed E-state index contributed by atoms with van der Waals surface area (Å²) in [4.78, 5) is 2.44. The molecule has 0 rings (SSSR count). The van der Waals surface area contributed by atoms with Crippen LogP contribution in [0.3, 0.4) is 0 Å².